The van der Waals surface area contributed by atoms with Crippen LogP contribution >= 0.6 is 24.0 Å². The molecule has 0 spiro atoms. The zero-order chi connectivity index (χ0) is 17.0. The quantitative estimate of drug-likeness (QED) is 0.796. The van der Waals surface area contributed by atoms with E-state index in [1.165, 1.54) is 17.3 Å². The Labute approximate surface area is 147 Å². The summed E-state index contributed by atoms with van der Waals surface area (Å²) in [6.45, 7) is 6.50. The summed E-state index contributed by atoms with van der Waals surface area (Å²) in [4.78, 5) is 25.8. The lowest BCUT2D eigenvalue weighted by atomic mass is 10.1. The van der Waals surface area contributed by atoms with Crippen LogP contribution in [-0.2, 0) is 9.59 Å². The van der Waals surface area contributed by atoms with Gasteiger partial charge in [-0.3, -0.25) is 14.5 Å². The average Bonchev–Trinajstić information content (AvgIpc) is 2.77. The van der Waals surface area contributed by atoms with Gasteiger partial charge in [-0.15, -0.1) is 0 Å². The van der Waals surface area contributed by atoms with Crippen LogP contribution in [0, 0.1) is 13.8 Å². The normalized spacial score (nSPS) is 17.7. The van der Waals surface area contributed by atoms with E-state index in [1.807, 2.05) is 39.0 Å². The minimum atomic E-state index is -0.0495. The molecule has 0 aliphatic carbocycles. The van der Waals surface area contributed by atoms with Crippen molar-refractivity contribution in [2.75, 3.05) is 11.9 Å². The largest absolute Gasteiger partial charge is 0.326 e. The molecule has 1 fully saturated rings. The molecule has 1 aliphatic rings. The second kappa shape index (κ2) is 7.93. The first-order valence-corrected chi connectivity index (χ1v) is 9.10. The van der Waals surface area contributed by atoms with E-state index in [-0.39, 0.29) is 17.1 Å². The highest BCUT2D eigenvalue weighted by molar-refractivity contribution is 8.24. The fourth-order valence-electron chi connectivity index (χ4n) is 2.52. The van der Waals surface area contributed by atoms with Crippen molar-refractivity contribution in [2.45, 2.75) is 45.3 Å². The Hall–Kier alpha value is -1.40. The molecule has 1 saturated heterocycles. The zero-order valence-corrected chi connectivity index (χ0v) is 15.4. The third-order valence-corrected chi connectivity index (χ3v) is 5.57. The number of nitrogens with one attached hydrogen (secondary N) is 1. The van der Waals surface area contributed by atoms with Crippen molar-refractivity contribution in [2.24, 2.45) is 0 Å². The number of thiocarbonyl (C=S) groups is 1. The molecule has 0 radical (unpaired) electrons. The van der Waals surface area contributed by atoms with Gasteiger partial charge < -0.3 is 5.32 Å². The maximum absolute atomic E-state index is 12.1. The smallest absolute Gasteiger partial charge is 0.241 e. The fourth-order valence-corrected chi connectivity index (χ4v) is 4.00. The number of aryl methyl sites for hydroxylation is 2. The van der Waals surface area contributed by atoms with Gasteiger partial charge in [0.15, 0.2) is 0 Å². The van der Waals surface area contributed by atoms with Crippen LogP contribution in [0.15, 0.2) is 18.2 Å². The highest BCUT2D eigenvalue weighted by Crippen LogP contribution is 2.29. The molecule has 1 atom stereocenters. The van der Waals surface area contributed by atoms with E-state index in [4.69, 9.17) is 12.2 Å². The lowest BCUT2D eigenvalue weighted by Gasteiger charge is -2.15. The van der Waals surface area contributed by atoms with E-state index < -0.39 is 0 Å². The molecule has 0 aromatic heterocycles. The predicted molar refractivity (Wildman–Crippen MR) is 99.8 cm³/mol. The fraction of sp³-hybridized carbons (Fsp3) is 0.471. The van der Waals surface area contributed by atoms with E-state index in [9.17, 15) is 9.59 Å². The molecule has 1 aromatic carbocycles. The standard InChI is InChI=1S/C17H22N2O2S2/c1-4-14-16(21)19(17(22)23-14)9-5-6-15(20)18-13-8-7-11(2)10-12(13)3/h7-8,10,14H,4-6,9H2,1-3H3,(H,18,20). The number of hydrogen-bond acceptors (Lipinski definition) is 4. The third kappa shape index (κ3) is 4.54. The third-order valence-electron chi connectivity index (χ3n) is 3.82. The molecule has 2 rings (SSSR count). The van der Waals surface area contributed by atoms with E-state index in [0.29, 0.717) is 23.7 Å². The molecule has 2 amide bonds. The summed E-state index contributed by atoms with van der Waals surface area (Å²) in [5.74, 6) is 0.0477. The van der Waals surface area contributed by atoms with Gasteiger partial charge in [0.1, 0.15) is 4.32 Å². The maximum Gasteiger partial charge on any atom is 0.241 e. The van der Waals surface area contributed by atoms with Crippen molar-refractivity contribution in [3.05, 3.63) is 29.3 Å². The van der Waals surface area contributed by atoms with Crippen LogP contribution in [0.25, 0.3) is 0 Å². The average molecular weight is 351 g/mol. The van der Waals surface area contributed by atoms with Crippen molar-refractivity contribution in [3.8, 4) is 0 Å². The summed E-state index contributed by atoms with van der Waals surface area (Å²) >= 11 is 6.70. The van der Waals surface area contributed by atoms with Crippen molar-refractivity contribution in [1.29, 1.82) is 0 Å². The number of rotatable bonds is 6. The number of carbonyl (C=O) groups is 2. The highest BCUT2D eigenvalue weighted by atomic mass is 32.2. The molecule has 4 nitrogen and oxygen atoms in total. The van der Waals surface area contributed by atoms with Gasteiger partial charge in [0, 0.05) is 18.7 Å². The molecule has 1 N–H and O–H groups in total. The lowest BCUT2D eigenvalue weighted by molar-refractivity contribution is -0.126. The monoisotopic (exact) mass is 350 g/mol. The molecular weight excluding hydrogens is 328 g/mol. The molecule has 0 saturated carbocycles. The number of thioether (sulfide) groups is 1. The van der Waals surface area contributed by atoms with Gasteiger partial charge in [-0.2, -0.15) is 0 Å². The molecule has 0 bridgehead atoms. The Kier molecular flexibility index (Phi) is 6.18. The molecule has 6 heteroatoms. The molecule has 1 heterocycles. The van der Waals surface area contributed by atoms with Crippen LogP contribution in [-0.4, -0.2) is 32.8 Å². The SMILES string of the molecule is CCC1SC(=S)N(CCCC(=O)Nc2ccc(C)cc2C)C1=O. The molecule has 1 unspecified atom stereocenters. The van der Waals surface area contributed by atoms with Gasteiger partial charge in [-0.05, 0) is 38.3 Å². The van der Waals surface area contributed by atoms with Crippen molar-refractivity contribution in [3.63, 3.8) is 0 Å². The van der Waals surface area contributed by atoms with Crippen LogP contribution in [0.3, 0.4) is 0 Å². The molecule has 1 aliphatic heterocycles. The van der Waals surface area contributed by atoms with Gasteiger partial charge in [0.05, 0.1) is 5.25 Å². The Balaban J connectivity index is 1.81. The van der Waals surface area contributed by atoms with Gasteiger partial charge in [-0.25, -0.2) is 0 Å². The summed E-state index contributed by atoms with van der Waals surface area (Å²) in [7, 11) is 0. The van der Waals surface area contributed by atoms with E-state index >= 15 is 0 Å². The summed E-state index contributed by atoms with van der Waals surface area (Å²) in [6.07, 6.45) is 1.77. The van der Waals surface area contributed by atoms with Crippen molar-refractivity contribution in [1.82, 2.24) is 4.90 Å². The molecule has 1 aromatic rings. The summed E-state index contributed by atoms with van der Waals surface area (Å²) in [6, 6.07) is 5.94. The first-order chi connectivity index (χ1) is 10.9. The number of hydrogen-bond donors (Lipinski definition) is 1. The van der Waals surface area contributed by atoms with Crippen LogP contribution < -0.4 is 5.32 Å². The Morgan fingerprint density at radius 2 is 2.13 bits per heavy atom. The van der Waals surface area contributed by atoms with E-state index in [2.05, 4.69) is 5.32 Å². The minimum Gasteiger partial charge on any atom is -0.326 e. The van der Waals surface area contributed by atoms with Crippen LogP contribution in [0.4, 0.5) is 5.69 Å². The van der Waals surface area contributed by atoms with Crippen molar-refractivity contribution < 1.29 is 9.59 Å². The highest BCUT2D eigenvalue weighted by Gasteiger charge is 2.35. The Morgan fingerprint density at radius 3 is 2.74 bits per heavy atom. The van der Waals surface area contributed by atoms with Crippen LogP contribution in [0.5, 0.6) is 0 Å². The number of benzene rings is 1. The number of anilines is 1. The summed E-state index contributed by atoms with van der Waals surface area (Å²) in [5.41, 5.74) is 3.07. The summed E-state index contributed by atoms with van der Waals surface area (Å²) in [5, 5.41) is 2.88. The predicted octanol–water partition coefficient (Wildman–Crippen LogP) is 3.66. The van der Waals surface area contributed by atoms with Gasteiger partial charge >= 0.3 is 0 Å². The van der Waals surface area contributed by atoms with Gasteiger partial charge in [0.2, 0.25) is 11.8 Å². The lowest BCUT2D eigenvalue weighted by Crippen LogP contribution is -2.32. The molecular formula is C17H22N2O2S2. The first kappa shape index (κ1) is 17.9. The second-order valence-corrected chi connectivity index (χ2v) is 7.58. The van der Waals surface area contributed by atoms with E-state index in [1.54, 1.807) is 4.90 Å². The first-order valence-electron chi connectivity index (χ1n) is 7.81. The number of carbonyl (C=O) groups excluding carboxylic acids is 2. The molecule has 124 valence electrons. The van der Waals surface area contributed by atoms with Gasteiger partial charge in [-0.1, -0.05) is 48.6 Å². The van der Waals surface area contributed by atoms with Crippen LogP contribution in [0.2, 0.25) is 0 Å². The summed E-state index contributed by atoms with van der Waals surface area (Å²) < 4.78 is 0.636. The Bertz CT molecular complexity index is 631. The molecule has 23 heavy (non-hydrogen) atoms. The maximum atomic E-state index is 12.1. The van der Waals surface area contributed by atoms with Crippen LogP contribution in [0.1, 0.15) is 37.3 Å². The Morgan fingerprint density at radius 1 is 1.39 bits per heavy atom. The topological polar surface area (TPSA) is 49.4 Å². The minimum absolute atomic E-state index is 0.0331. The van der Waals surface area contributed by atoms with E-state index in [0.717, 1.165) is 17.7 Å². The number of amides is 2. The van der Waals surface area contributed by atoms with Crippen molar-refractivity contribution >= 4 is 45.8 Å². The zero-order valence-electron chi connectivity index (χ0n) is 13.7. The van der Waals surface area contributed by atoms with Gasteiger partial charge in [0.25, 0.3) is 0 Å². The second-order valence-electron chi connectivity index (χ2n) is 5.74. The number of nitrogens with zero attached hydrogens (tertiary/aromatic N) is 1.